The van der Waals surface area contributed by atoms with Crippen LogP contribution in [0.25, 0.3) is 10.8 Å². The van der Waals surface area contributed by atoms with Crippen LogP contribution >= 0.6 is 0 Å². The average molecular weight is 287 g/mol. The highest BCUT2D eigenvalue weighted by Crippen LogP contribution is 2.28. The van der Waals surface area contributed by atoms with Crippen LogP contribution in [0.1, 0.15) is 26.3 Å². The molecular weight excluding hydrogens is 266 g/mol. The Bertz CT molecular complexity index is 637. The number of benzene rings is 2. The Balaban J connectivity index is 2.38. The third kappa shape index (κ3) is 3.73. The summed E-state index contributed by atoms with van der Waals surface area (Å²) >= 11 is 0. The highest BCUT2D eigenvalue weighted by atomic mass is 16.5. The number of aliphatic carboxylic acids is 1. The summed E-state index contributed by atoms with van der Waals surface area (Å²) < 4.78 is 5.86. The molecular formula is C17H21NO3. The molecule has 0 bridgehead atoms. The molecule has 0 aromatic heterocycles. The van der Waals surface area contributed by atoms with Crippen molar-refractivity contribution in [2.75, 3.05) is 0 Å². The Kier molecular flexibility index (Phi) is 4.81. The van der Waals surface area contributed by atoms with E-state index in [1.165, 1.54) is 0 Å². The Hall–Kier alpha value is -2.07. The molecule has 0 amide bonds. The number of hydrogen-bond donors (Lipinski definition) is 2. The van der Waals surface area contributed by atoms with Gasteiger partial charge >= 0.3 is 5.97 Å². The second-order valence-electron chi connectivity index (χ2n) is 5.37. The zero-order valence-electron chi connectivity index (χ0n) is 12.6. The normalized spacial score (nSPS) is 12.6. The summed E-state index contributed by atoms with van der Waals surface area (Å²) in [5.41, 5.74) is 0.995. The van der Waals surface area contributed by atoms with E-state index in [1.54, 1.807) is 6.92 Å². The van der Waals surface area contributed by atoms with Gasteiger partial charge in [0.1, 0.15) is 11.8 Å². The summed E-state index contributed by atoms with van der Waals surface area (Å²) in [6, 6.07) is 11.4. The molecule has 0 saturated heterocycles. The number of carboxylic acid groups (broad SMARTS) is 1. The fourth-order valence-corrected chi connectivity index (χ4v) is 2.21. The molecule has 4 heteroatoms. The first kappa shape index (κ1) is 15.3. The molecule has 21 heavy (non-hydrogen) atoms. The van der Waals surface area contributed by atoms with Crippen LogP contribution in [0.5, 0.6) is 5.75 Å². The SMILES string of the molecule is CC(C)Oc1ccc2ccccc2c1CNC(C)C(=O)O. The minimum atomic E-state index is -0.860. The van der Waals surface area contributed by atoms with Gasteiger partial charge < -0.3 is 15.2 Å². The van der Waals surface area contributed by atoms with Gasteiger partial charge in [0.15, 0.2) is 0 Å². The Morgan fingerprint density at radius 1 is 1.19 bits per heavy atom. The van der Waals surface area contributed by atoms with Gasteiger partial charge in [-0.15, -0.1) is 0 Å². The molecule has 1 unspecified atom stereocenters. The second-order valence-corrected chi connectivity index (χ2v) is 5.37. The van der Waals surface area contributed by atoms with E-state index in [0.717, 1.165) is 22.1 Å². The van der Waals surface area contributed by atoms with Crippen molar-refractivity contribution in [1.29, 1.82) is 0 Å². The molecule has 0 saturated carbocycles. The van der Waals surface area contributed by atoms with Crippen molar-refractivity contribution in [3.05, 3.63) is 42.0 Å². The predicted molar refractivity (Wildman–Crippen MR) is 83.6 cm³/mol. The monoisotopic (exact) mass is 287 g/mol. The molecule has 0 aliphatic rings. The maximum atomic E-state index is 11.0. The first-order valence-electron chi connectivity index (χ1n) is 7.12. The third-order valence-electron chi connectivity index (χ3n) is 3.32. The van der Waals surface area contributed by atoms with Gasteiger partial charge in [-0.3, -0.25) is 4.79 Å². The fraction of sp³-hybridized carbons (Fsp3) is 0.353. The van der Waals surface area contributed by atoms with Crippen molar-refractivity contribution in [3.8, 4) is 5.75 Å². The van der Waals surface area contributed by atoms with Crippen LogP contribution in [0.3, 0.4) is 0 Å². The number of carbonyl (C=O) groups is 1. The topological polar surface area (TPSA) is 58.6 Å². The lowest BCUT2D eigenvalue weighted by molar-refractivity contribution is -0.139. The molecule has 4 nitrogen and oxygen atoms in total. The lowest BCUT2D eigenvalue weighted by atomic mass is 10.0. The quantitative estimate of drug-likeness (QED) is 0.856. The number of fused-ring (bicyclic) bond motifs is 1. The van der Waals surface area contributed by atoms with E-state index in [0.29, 0.717) is 6.54 Å². The maximum absolute atomic E-state index is 11.0. The molecule has 0 fully saturated rings. The number of ether oxygens (including phenoxy) is 1. The van der Waals surface area contributed by atoms with Crippen LogP contribution in [0, 0.1) is 0 Å². The zero-order valence-corrected chi connectivity index (χ0v) is 12.6. The van der Waals surface area contributed by atoms with E-state index in [-0.39, 0.29) is 6.10 Å². The van der Waals surface area contributed by atoms with Gasteiger partial charge in [0.25, 0.3) is 0 Å². The van der Waals surface area contributed by atoms with Gasteiger partial charge in [-0.25, -0.2) is 0 Å². The second kappa shape index (κ2) is 6.59. The summed E-state index contributed by atoms with van der Waals surface area (Å²) in [5, 5.41) is 14.2. The first-order chi connectivity index (χ1) is 9.99. The van der Waals surface area contributed by atoms with E-state index >= 15 is 0 Å². The van der Waals surface area contributed by atoms with Crippen molar-refractivity contribution in [2.24, 2.45) is 0 Å². The van der Waals surface area contributed by atoms with Crippen LogP contribution < -0.4 is 10.1 Å². The van der Waals surface area contributed by atoms with Crippen LogP contribution in [-0.2, 0) is 11.3 Å². The lowest BCUT2D eigenvalue weighted by Crippen LogP contribution is -2.33. The van der Waals surface area contributed by atoms with Gasteiger partial charge in [-0.1, -0.05) is 30.3 Å². The van der Waals surface area contributed by atoms with Gasteiger partial charge in [-0.05, 0) is 37.6 Å². The average Bonchev–Trinajstić information content (AvgIpc) is 2.45. The van der Waals surface area contributed by atoms with E-state index in [2.05, 4.69) is 5.32 Å². The summed E-state index contributed by atoms with van der Waals surface area (Å²) in [6.07, 6.45) is 0.0711. The number of hydrogen-bond acceptors (Lipinski definition) is 3. The summed E-state index contributed by atoms with van der Waals surface area (Å²) in [6.45, 7) is 6.05. The Labute approximate surface area is 124 Å². The van der Waals surface area contributed by atoms with Crippen LogP contribution in [0.2, 0.25) is 0 Å². The lowest BCUT2D eigenvalue weighted by Gasteiger charge is -2.18. The van der Waals surface area contributed by atoms with Gasteiger partial charge in [0.2, 0.25) is 0 Å². The van der Waals surface area contributed by atoms with Crippen molar-refractivity contribution in [2.45, 2.75) is 39.5 Å². The minimum Gasteiger partial charge on any atom is -0.491 e. The molecule has 0 aliphatic heterocycles. The Morgan fingerprint density at radius 2 is 1.90 bits per heavy atom. The predicted octanol–water partition coefficient (Wildman–Crippen LogP) is 3.19. The standard InChI is InChI=1S/C17H21NO3/c1-11(2)21-16-9-8-13-6-4-5-7-14(13)15(16)10-18-12(3)17(19)20/h4-9,11-12,18H,10H2,1-3H3,(H,19,20). The van der Waals surface area contributed by atoms with E-state index in [1.807, 2.05) is 50.2 Å². The smallest absolute Gasteiger partial charge is 0.320 e. The molecule has 0 spiro atoms. The summed E-state index contributed by atoms with van der Waals surface area (Å²) in [4.78, 5) is 11.0. The molecule has 2 N–H and O–H groups in total. The van der Waals surface area contributed by atoms with Gasteiger partial charge in [0, 0.05) is 12.1 Å². The van der Waals surface area contributed by atoms with E-state index in [4.69, 9.17) is 9.84 Å². The number of nitrogens with one attached hydrogen (secondary N) is 1. The summed E-state index contributed by atoms with van der Waals surface area (Å²) in [5.74, 6) is -0.0599. The van der Waals surface area contributed by atoms with Gasteiger partial charge in [-0.2, -0.15) is 0 Å². The third-order valence-corrected chi connectivity index (χ3v) is 3.32. The largest absolute Gasteiger partial charge is 0.491 e. The molecule has 2 aromatic carbocycles. The van der Waals surface area contributed by atoms with Crippen LogP contribution in [0.15, 0.2) is 36.4 Å². The van der Waals surface area contributed by atoms with Crippen molar-refractivity contribution in [1.82, 2.24) is 5.32 Å². The number of carboxylic acids is 1. The summed E-state index contributed by atoms with van der Waals surface area (Å²) in [7, 11) is 0. The minimum absolute atomic E-state index is 0.0711. The molecule has 2 rings (SSSR count). The highest BCUT2D eigenvalue weighted by molar-refractivity contribution is 5.87. The molecule has 1 atom stereocenters. The fourth-order valence-electron chi connectivity index (χ4n) is 2.21. The molecule has 0 radical (unpaired) electrons. The first-order valence-corrected chi connectivity index (χ1v) is 7.12. The van der Waals surface area contributed by atoms with Crippen LogP contribution in [0.4, 0.5) is 0 Å². The molecule has 112 valence electrons. The van der Waals surface area contributed by atoms with Crippen molar-refractivity contribution >= 4 is 16.7 Å². The van der Waals surface area contributed by atoms with Crippen LogP contribution in [-0.4, -0.2) is 23.2 Å². The van der Waals surface area contributed by atoms with Crippen molar-refractivity contribution in [3.63, 3.8) is 0 Å². The van der Waals surface area contributed by atoms with Crippen molar-refractivity contribution < 1.29 is 14.6 Å². The Morgan fingerprint density at radius 3 is 2.57 bits per heavy atom. The zero-order chi connectivity index (χ0) is 15.4. The number of rotatable bonds is 6. The molecule has 2 aromatic rings. The highest BCUT2D eigenvalue weighted by Gasteiger charge is 2.14. The van der Waals surface area contributed by atoms with E-state index in [9.17, 15) is 4.79 Å². The molecule has 0 heterocycles. The van der Waals surface area contributed by atoms with E-state index < -0.39 is 12.0 Å². The maximum Gasteiger partial charge on any atom is 0.320 e. The van der Waals surface area contributed by atoms with Gasteiger partial charge in [0.05, 0.1) is 6.10 Å². The molecule has 0 aliphatic carbocycles.